The Hall–Kier alpha value is -2.39. The van der Waals surface area contributed by atoms with Gasteiger partial charge in [-0.2, -0.15) is 0 Å². The van der Waals surface area contributed by atoms with Crippen molar-refractivity contribution in [1.82, 2.24) is 0 Å². The topological polar surface area (TPSA) is 49.3 Å². The third-order valence-electron chi connectivity index (χ3n) is 3.58. The van der Waals surface area contributed by atoms with Crippen molar-refractivity contribution in [2.75, 3.05) is 5.32 Å². The van der Waals surface area contributed by atoms with Gasteiger partial charge in [0.05, 0.1) is 6.61 Å². The molecule has 1 amide bonds. The Morgan fingerprint density at radius 1 is 1.13 bits per heavy atom. The molecule has 0 spiro atoms. The minimum absolute atomic E-state index is 0.0420. The Balaban J connectivity index is 2.00. The second kappa shape index (κ2) is 7.25. The van der Waals surface area contributed by atoms with E-state index in [1.165, 1.54) is 11.6 Å². The standard InChI is InChI=1S/C20H23NO2/c1-20(2,3)17-10-7-15(8-11-17)9-12-19(23)21-18-6-4-5-16(13-18)14-22/h4-13,22H,14H2,1-3H3,(H,21,23). The second-order valence-corrected chi connectivity index (χ2v) is 6.55. The molecule has 3 heteroatoms. The van der Waals surface area contributed by atoms with Crippen LogP contribution >= 0.6 is 0 Å². The predicted molar refractivity (Wildman–Crippen MR) is 95.2 cm³/mol. The molecule has 2 aromatic carbocycles. The van der Waals surface area contributed by atoms with Crippen LogP contribution in [-0.4, -0.2) is 11.0 Å². The third-order valence-corrected chi connectivity index (χ3v) is 3.58. The zero-order valence-corrected chi connectivity index (χ0v) is 13.8. The third kappa shape index (κ3) is 5.08. The number of anilines is 1. The lowest BCUT2D eigenvalue weighted by Crippen LogP contribution is -2.10. The number of nitrogens with one attached hydrogen (secondary N) is 1. The van der Waals surface area contributed by atoms with Crippen LogP contribution in [0.5, 0.6) is 0 Å². The summed E-state index contributed by atoms with van der Waals surface area (Å²) in [5, 5.41) is 11.9. The number of carbonyl (C=O) groups excluding carboxylic acids is 1. The number of hydrogen-bond acceptors (Lipinski definition) is 2. The molecule has 2 rings (SSSR count). The summed E-state index contributed by atoms with van der Waals surface area (Å²) in [6.45, 7) is 6.48. The minimum Gasteiger partial charge on any atom is -0.392 e. The van der Waals surface area contributed by atoms with E-state index >= 15 is 0 Å². The van der Waals surface area contributed by atoms with Crippen molar-refractivity contribution in [2.24, 2.45) is 0 Å². The highest BCUT2D eigenvalue weighted by Crippen LogP contribution is 2.22. The van der Waals surface area contributed by atoms with Crippen LogP contribution in [0.4, 0.5) is 5.69 Å². The van der Waals surface area contributed by atoms with E-state index in [0.717, 1.165) is 11.1 Å². The molecular weight excluding hydrogens is 286 g/mol. The Morgan fingerprint density at radius 2 is 1.83 bits per heavy atom. The van der Waals surface area contributed by atoms with E-state index in [0.29, 0.717) is 5.69 Å². The molecule has 0 aliphatic carbocycles. The first-order valence-electron chi connectivity index (χ1n) is 7.68. The van der Waals surface area contributed by atoms with Gasteiger partial charge in [-0.3, -0.25) is 4.79 Å². The van der Waals surface area contributed by atoms with Gasteiger partial charge in [-0.05, 0) is 40.3 Å². The molecule has 3 nitrogen and oxygen atoms in total. The highest BCUT2D eigenvalue weighted by molar-refractivity contribution is 6.01. The molecule has 0 aromatic heterocycles. The maximum absolute atomic E-state index is 12.0. The molecule has 120 valence electrons. The summed E-state index contributed by atoms with van der Waals surface area (Å²) in [4.78, 5) is 12.0. The summed E-state index contributed by atoms with van der Waals surface area (Å²) >= 11 is 0. The van der Waals surface area contributed by atoms with Crippen molar-refractivity contribution in [2.45, 2.75) is 32.8 Å². The summed E-state index contributed by atoms with van der Waals surface area (Å²) < 4.78 is 0. The average Bonchev–Trinajstić information content (AvgIpc) is 2.52. The molecule has 23 heavy (non-hydrogen) atoms. The van der Waals surface area contributed by atoms with Crippen molar-refractivity contribution in [3.63, 3.8) is 0 Å². The van der Waals surface area contributed by atoms with E-state index < -0.39 is 0 Å². The highest BCUT2D eigenvalue weighted by Gasteiger charge is 2.12. The lowest BCUT2D eigenvalue weighted by molar-refractivity contribution is -0.111. The number of benzene rings is 2. The van der Waals surface area contributed by atoms with Gasteiger partial charge in [0, 0.05) is 11.8 Å². The van der Waals surface area contributed by atoms with Gasteiger partial charge in [0.25, 0.3) is 0 Å². The maximum Gasteiger partial charge on any atom is 0.248 e. The molecular formula is C20H23NO2. The van der Waals surface area contributed by atoms with E-state index in [1.807, 2.05) is 18.2 Å². The lowest BCUT2D eigenvalue weighted by atomic mass is 9.87. The normalized spacial score (nSPS) is 11.7. The van der Waals surface area contributed by atoms with E-state index in [2.05, 4.69) is 38.2 Å². The zero-order valence-electron chi connectivity index (χ0n) is 13.8. The number of amides is 1. The molecule has 0 saturated carbocycles. The highest BCUT2D eigenvalue weighted by atomic mass is 16.3. The number of aliphatic hydroxyl groups excluding tert-OH is 1. The Labute approximate surface area is 137 Å². The quantitative estimate of drug-likeness (QED) is 0.834. The second-order valence-electron chi connectivity index (χ2n) is 6.55. The lowest BCUT2D eigenvalue weighted by Gasteiger charge is -2.18. The first-order valence-corrected chi connectivity index (χ1v) is 7.68. The molecule has 0 heterocycles. The van der Waals surface area contributed by atoms with Gasteiger partial charge >= 0.3 is 0 Å². The molecule has 0 bridgehead atoms. The Morgan fingerprint density at radius 3 is 2.43 bits per heavy atom. The van der Waals surface area contributed by atoms with Crippen LogP contribution in [0.2, 0.25) is 0 Å². The number of rotatable bonds is 4. The van der Waals surface area contributed by atoms with Gasteiger partial charge in [-0.25, -0.2) is 0 Å². The van der Waals surface area contributed by atoms with Gasteiger partial charge in [0.1, 0.15) is 0 Å². The summed E-state index contributed by atoms with van der Waals surface area (Å²) in [5.74, 6) is -0.194. The van der Waals surface area contributed by atoms with E-state index in [9.17, 15) is 4.79 Å². The summed E-state index contributed by atoms with van der Waals surface area (Å²) in [7, 11) is 0. The van der Waals surface area contributed by atoms with Crippen LogP contribution in [0.1, 0.15) is 37.5 Å². The van der Waals surface area contributed by atoms with Crippen molar-refractivity contribution >= 4 is 17.7 Å². The van der Waals surface area contributed by atoms with Crippen LogP contribution in [0.15, 0.2) is 54.6 Å². The Bertz CT molecular complexity index is 694. The van der Waals surface area contributed by atoms with Crippen molar-refractivity contribution in [1.29, 1.82) is 0 Å². The SMILES string of the molecule is CC(C)(C)c1ccc(C=CC(=O)Nc2cccc(CO)c2)cc1. The molecule has 0 fully saturated rings. The van der Waals surface area contributed by atoms with E-state index in [4.69, 9.17) is 5.11 Å². The first kappa shape index (κ1) is 17.0. The van der Waals surface area contributed by atoms with Crippen LogP contribution in [0.25, 0.3) is 6.08 Å². The molecule has 0 aliphatic rings. The first-order chi connectivity index (χ1) is 10.9. The van der Waals surface area contributed by atoms with Gasteiger partial charge in [0.15, 0.2) is 0 Å². The fourth-order valence-corrected chi connectivity index (χ4v) is 2.20. The molecule has 0 unspecified atom stereocenters. The van der Waals surface area contributed by atoms with Crippen LogP contribution < -0.4 is 5.32 Å². The van der Waals surface area contributed by atoms with Crippen LogP contribution in [0.3, 0.4) is 0 Å². The fraction of sp³-hybridized carbons (Fsp3) is 0.250. The predicted octanol–water partition coefficient (Wildman–Crippen LogP) is 4.13. The number of aliphatic hydroxyl groups is 1. The minimum atomic E-state index is -0.194. The van der Waals surface area contributed by atoms with Crippen molar-refractivity contribution in [3.05, 3.63) is 71.3 Å². The average molecular weight is 309 g/mol. The van der Waals surface area contributed by atoms with E-state index in [-0.39, 0.29) is 17.9 Å². The van der Waals surface area contributed by atoms with Crippen LogP contribution in [0, 0.1) is 0 Å². The summed E-state index contributed by atoms with van der Waals surface area (Å²) in [6.07, 6.45) is 3.30. The monoisotopic (exact) mass is 309 g/mol. The van der Waals surface area contributed by atoms with Crippen molar-refractivity contribution < 1.29 is 9.90 Å². The molecule has 2 aromatic rings. The largest absolute Gasteiger partial charge is 0.392 e. The molecule has 0 saturated heterocycles. The smallest absolute Gasteiger partial charge is 0.248 e. The number of carbonyl (C=O) groups is 1. The van der Waals surface area contributed by atoms with E-state index in [1.54, 1.807) is 24.3 Å². The van der Waals surface area contributed by atoms with Crippen LogP contribution in [-0.2, 0) is 16.8 Å². The molecule has 2 N–H and O–H groups in total. The van der Waals surface area contributed by atoms with Gasteiger partial charge in [-0.1, -0.05) is 57.2 Å². The van der Waals surface area contributed by atoms with Gasteiger partial charge in [-0.15, -0.1) is 0 Å². The maximum atomic E-state index is 12.0. The Kier molecular flexibility index (Phi) is 5.35. The number of hydrogen-bond donors (Lipinski definition) is 2. The fourth-order valence-electron chi connectivity index (χ4n) is 2.20. The van der Waals surface area contributed by atoms with Crippen molar-refractivity contribution in [3.8, 4) is 0 Å². The summed E-state index contributed by atoms with van der Waals surface area (Å²) in [5.41, 5.74) is 3.81. The van der Waals surface area contributed by atoms with Gasteiger partial charge in [0.2, 0.25) is 5.91 Å². The molecule has 0 radical (unpaired) electrons. The zero-order chi connectivity index (χ0) is 16.9. The molecule has 0 aliphatic heterocycles. The molecule has 0 atom stereocenters. The summed E-state index contributed by atoms with van der Waals surface area (Å²) in [6, 6.07) is 15.4. The van der Waals surface area contributed by atoms with Gasteiger partial charge < -0.3 is 10.4 Å².